The van der Waals surface area contributed by atoms with Gasteiger partial charge in [-0.15, -0.1) is 0 Å². The number of amides is 1. The molecular formula is C16H14N2O2. The van der Waals surface area contributed by atoms with Crippen LogP contribution in [0.15, 0.2) is 54.6 Å². The van der Waals surface area contributed by atoms with Crippen molar-refractivity contribution in [3.05, 3.63) is 65.7 Å². The van der Waals surface area contributed by atoms with Gasteiger partial charge in [0.15, 0.2) is 0 Å². The Balaban J connectivity index is 2.16. The summed E-state index contributed by atoms with van der Waals surface area (Å²) >= 11 is 0. The molecule has 1 amide bonds. The van der Waals surface area contributed by atoms with E-state index in [2.05, 4.69) is 5.32 Å². The van der Waals surface area contributed by atoms with Gasteiger partial charge in [-0.3, -0.25) is 4.79 Å². The number of hydrogen-bond acceptors (Lipinski definition) is 3. The number of nitrogens with one attached hydrogen (secondary N) is 1. The standard InChI is InChI=1S/C16H14N2O2/c17-10-12-6-8-14(9-7-12)18-16(20)15(11-19)13-4-2-1-3-5-13/h1-9H,10,17H2,(H,18,20). The molecule has 3 N–H and O–H groups in total. The summed E-state index contributed by atoms with van der Waals surface area (Å²) in [5, 5.41) is 2.66. The molecule has 0 aliphatic carbocycles. The van der Waals surface area contributed by atoms with Crippen LogP contribution in [0.25, 0.3) is 5.57 Å². The smallest absolute Gasteiger partial charge is 0.267 e. The Morgan fingerprint density at radius 3 is 2.25 bits per heavy atom. The maximum atomic E-state index is 12.1. The molecule has 0 spiro atoms. The summed E-state index contributed by atoms with van der Waals surface area (Å²) in [6.45, 7) is 0.442. The summed E-state index contributed by atoms with van der Waals surface area (Å²) in [6, 6.07) is 15.8. The Morgan fingerprint density at radius 1 is 1.05 bits per heavy atom. The molecule has 0 aliphatic heterocycles. The Morgan fingerprint density at radius 2 is 1.70 bits per heavy atom. The van der Waals surface area contributed by atoms with Gasteiger partial charge in [0.25, 0.3) is 5.91 Å². The average Bonchev–Trinajstić information content (AvgIpc) is 2.50. The molecule has 0 saturated carbocycles. The van der Waals surface area contributed by atoms with Gasteiger partial charge in [0, 0.05) is 12.2 Å². The number of rotatable bonds is 4. The van der Waals surface area contributed by atoms with Crippen molar-refractivity contribution in [2.45, 2.75) is 6.54 Å². The van der Waals surface area contributed by atoms with E-state index in [4.69, 9.17) is 5.73 Å². The fourth-order valence-electron chi connectivity index (χ4n) is 1.76. The van der Waals surface area contributed by atoms with E-state index in [0.717, 1.165) is 5.56 Å². The maximum absolute atomic E-state index is 12.1. The van der Waals surface area contributed by atoms with Crippen molar-refractivity contribution in [3.8, 4) is 0 Å². The minimum atomic E-state index is -0.480. The van der Waals surface area contributed by atoms with E-state index in [1.54, 1.807) is 42.3 Å². The van der Waals surface area contributed by atoms with Crippen LogP contribution in [-0.2, 0) is 16.1 Å². The third kappa shape index (κ3) is 3.20. The number of nitrogens with two attached hydrogens (primary N) is 1. The molecule has 0 saturated heterocycles. The maximum Gasteiger partial charge on any atom is 0.267 e. The number of carbonyl (C=O) groups excluding carboxylic acids is 2. The number of carbonyl (C=O) groups is 1. The zero-order valence-electron chi connectivity index (χ0n) is 10.8. The van der Waals surface area contributed by atoms with Gasteiger partial charge in [-0.05, 0) is 23.3 Å². The highest BCUT2D eigenvalue weighted by atomic mass is 16.2. The lowest BCUT2D eigenvalue weighted by atomic mass is 10.1. The van der Waals surface area contributed by atoms with E-state index in [1.807, 2.05) is 18.2 Å². The molecule has 2 rings (SSSR count). The predicted molar refractivity (Wildman–Crippen MR) is 78.5 cm³/mol. The molecule has 100 valence electrons. The lowest BCUT2D eigenvalue weighted by molar-refractivity contribution is -0.111. The average molecular weight is 266 g/mol. The zero-order chi connectivity index (χ0) is 14.4. The number of anilines is 1. The highest BCUT2D eigenvalue weighted by molar-refractivity contribution is 6.32. The molecule has 4 heteroatoms. The molecular weight excluding hydrogens is 252 g/mol. The van der Waals surface area contributed by atoms with Gasteiger partial charge < -0.3 is 11.1 Å². The molecule has 0 unspecified atom stereocenters. The number of hydrogen-bond donors (Lipinski definition) is 2. The van der Waals surface area contributed by atoms with Crippen molar-refractivity contribution >= 4 is 23.1 Å². The minimum absolute atomic E-state index is 0.0199. The third-order valence-corrected chi connectivity index (χ3v) is 2.84. The van der Waals surface area contributed by atoms with Crippen molar-refractivity contribution in [2.24, 2.45) is 5.73 Å². The Kier molecular flexibility index (Phi) is 4.45. The highest BCUT2D eigenvalue weighted by Gasteiger charge is 2.13. The van der Waals surface area contributed by atoms with Crippen molar-refractivity contribution in [1.82, 2.24) is 0 Å². The van der Waals surface area contributed by atoms with Crippen LogP contribution in [0.4, 0.5) is 5.69 Å². The Labute approximate surface area is 116 Å². The van der Waals surface area contributed by atoms with Gasteiger partial charge in [0.05, 0.1) is 0 Å². The fraction of sp³-hybridized carbons (Fsp3) is 0.0625. The molecule has 20 heavy (non-hydrogen) atoms. The first-order chi connectivity index (χ1) is 9.74. The zero-order valence-corrected chi connectivity index (χ0v) is 10.8. The number of benzene rings is 2. The SMILES string of the molecule is NCc1ccc(NC(=O)C(=C=O)c2ccccc2)cc1. The first-order valence-electron chi connectivity index (χ1n) is 6.15. The molecule has 0 atom stereocenters. The quantitative estimate of drug-likeness (QED) is 0.656. The van der Waals surface area contributed by atoms with Crippen LogP contribution in [0.2, 0.25) is 0 Å². The second kappa shape index (κ2) is 6.48. The molecule has 0 bridgehead atoms. The minimum Gasteiger partial charge on any atom is -0.326 e. The van der Waals surface area contributed by atoms with Gasteiger partial charge in [-0.25, -0.2) is 4.79 Å². The molecule has 2 aromatic carbocycles. The van der Waals surface area contributed by atoms with Gasteiger partial charge in [-0.2, -0.15) is 0 Å². The summed E-state index contributed by atoms with van der Waals surface area (Å²) in [4.78, 5) is 23.1. The van der Waals surface area contributed by atoms with E-state index >= 15 is 0 Å². The Hall–Kier alpha value is -2.68. The van der Waals surface area contributed by atoms with Gasteiger partial charge in [0.1, 0.15) is 11.5 Å². The molecule has 0 fully saturated rings. The second-order valence-corrected chi connectivity index (χ2v) is 4.20. The molecule has 4 nitrogen and oxygen atoms in total. The van der Waals surface area contributed by atoms with E-state index in [0.29, 0.717) is 17.8 Å². The van der Waals surface area contributed by atoms with Gasteiger partial charge >= 0.3 is 0 Å². The first-order valence-corrected chi connectivity index (χ1v) is 6.15. The van der Waals surface area contributed by atoms with Crippen LogP contribution in [0, 0.1) is 0 Å². The van der Waals surface area contributed by atoms with Crippen LogP contribution in [-0.4, -0.2) is 11.8 Å². The second-order valence-electron chi connectivity index (χ2n) is 4.20. The lowest BCUT2D eigenvalue weighted by Gasteiger charge is -2.07. The van der Waals surface area contributed by atoms with E-state index < -0.39 is 5.91 Å². The van der Waals surface area contributed by atoms with Crippen molar-refractivity contribution in [3.63, 3.8) is 0 Å². The van der Waals surface area contributed by atoms with E-state index in [-0.39, 0.29) is 5.57 Å². The molecule has 2 aromatic rings. The van der Waals surface area contributed by atoms with Crippen LogP contribution < -0.4 is 11.1 Å². The third-order valence-electron chi connectivity index (χ3n) is 2.84. The van der Waals surface area contributed by atoms with Crippen LogP contribution in [0.3, 0.4) is 0 Å². The molecule has 0 heterocycles. The van der Waals surface area contributed by atoms with Crippen molar-refractivity contribution in [2.75, 3.05) is 5.32 Å². The van der Waals surface area contributed by atoms with Crippen LogP contribution in [0.1, 0.15) is 11.1 Å². The fourth-order valence-corrected chi connectivity index (χ4v) is 1.76. The van der Waals surface area contributed by atoms with Crippen LogP contribution in [0.5, 0.6) is 0 Å². The summed E-state index contributed by atoms with van der Waals surface area (Å²) in [6.07, 6.45) is 0. The summed E-state index contributed by atoms with van der Waals surface area (Å²) in [7, 11) is 0. The largest absolute Gasteiger partial charge is 0.326 e. The molecule has 0 aromatic heterocycles. The van der Waals surface area contributed by atoms with Crippen molar-refractivity contribution < 1.29 is 9.59 Å². The topological polar surface area (TPSA) is 72.2 Å². The first kappa shape index (κ1) is 13.7. The lowest BCUT2D eigenvalue weighted by Crippen LogP contribution is -2.14. The van der Waals surface area contributed by atoms with E-state index in [1.165, 1.54) is 0 Å². The summed E-state index contributed by atoms with van der Waals surface area (Å²) < 4.78 is 0. The molecule has 0 radical (unpaired) electrons. The van der Waals surface area contributed by atoms with Gasteiger partial charge in [0.2, 0.25) is 0 Å². The highest BCUT2D eigenvalue weighted by Crippen LogP contribution is 2.15. The van der Waals surface area contributed by atoms with E-state index in [9.17, 15) is 9.59 Å². The van der Waals surface area contributed by atoms with Gasteiger partial charge in [-0.1, -0.05) is 42.5 Å². The predicted octanol–water partition coefficient (Wildman–Crippen LogP) is 2.00. The molecule has 0 aliphatic rings. The summed E-state index contributed by atoms with van der Waals surface area (Å²) in [5.41, 5.74) is 7.60. The van der Waals surface area contributed by atoms with Crippen molar-refractivity contribution in [1.29, 1.82) is 0 Å². The van der Waals surface area contributed by atoms with Crippen LogP contribution >= 0.6 is 0 Å². The Bertz CT molecular complexity index is 642. The normalized spacial score (nSPS) is 9.65. The monoisotopic (exact) mass is 266 g/mol. The summed E-state index contributed by atoms with van der Waals surface area (Å²) in [5.74, 6) is 1.22.